The Morgan fingerprint density at radius 3 is 2.88 bits per heavy atom. The zero-order valence-corrected chi connectivity index (χ0v) is 14.7. The van der Waals surface area contributed by atoms with Crippen LogP contribution in [0.15, 0.2) is 55.0 Å². The molecule has 0 amide bonds. The van der Waals surface area contributed by atoms with Gasteiger partial charge in [0.05, 0.1) is 5.69 Å². The van der Waals surface area contributed by atoms with Crippen molar-refractivity contribution < 1.29 is 4.74 Å². The Hall–Kier alpha value is -2.73. The van der Waals surface area contributed by atoms with Crippen LogP contribution in [-0.4, -0.2) is 38.2 Å². The first-order valence-electron chi connectivity index (χ1n) is 9.07. The first-order chi connectivity index (χ1) is 12.9. The maximum Gasteiger partial charge on any atom is 0.137 e. The number of nitrogens with zero attached hydrogens (tertiary/aromatic N) is 4. The molecule has 1 atom stereocenters. The maximum absolute atomic E-state index is 6.05. The standard InChI is InChI=1S/C20H23N5O/c1-2-9-19(26-14-18-8-3-4-10-21-18)16(6-1)12-25-11-5-7-17(13-25)20-22-15-23-24-20/h1-4,6,8-10,15,17H,5,7,11-14H2,(H,22,23,24). The number of ether oxygens (including phenoxy) is 1. The van der Waals surface area contributed by atoms with E-state index >= 15 is 0 Å². The molecule has 3 heterocycles. The van der Waals surface area contributed by atoms with Crippen molar-refractivity contribution in [3.8, 4) is 5.75 Å². The minimum absolute atomic E-state index is 0.424. The van der Waals surface area contributed by atoms with Crippen LogP contribution in [0.25, 0.3) is 0 Å². The van der Waals surface area contributed by atoms with Crippen LogP contribution in [0.1, 0.15) is 35.8 Å². The highest BCUT2D eigenvalue weighted by Crippen LogP contribution is 2.27. The molecule has 2 aromatic heterocycles. The van der Waals surface area contributed by atoms with Crippen molar-refractivity contribution in [1.82, 2.24) is 25.1 Å². The quantitative estimate of drug-likeness (QED) is 0.740. The Kier molecular flexibility index (Phi) is 5.21. The van der Waals surface area contributed by atoms with E-state index in [1.807, 2.05) is 30.3 Å². The van der Waals surface area contributed by atoms with Gasteiger partial charge in [-0.3, -0.25) is 15.0 Å². The van der Waals surface area contributed by atoms with Gasteiger partial charge < -0.3 is 4.74 Å². The monoisotopic (exact) mass is 349 g/mol. The van der Waals surface area contributed by atoms with Gasteiger partial charge in [0.25, 0.3) is 0 Å². The summed E-state index contributed by atoms with van der Waals surface area (Å²) in [6.45, 7) is 3.45. The zero-order chi connectivity index (χ0) is 17.6. The Bertz CT molecular complexity index is 806. The summed E-state index contributed by atoms with van der Waals surface area (Å²) >= 11 is 0. The lowest BCUT2D eigenvalue weighted by molar-refractivity contribution is 0.192. The summed E-state index contributed by atoms with van der Waals surface area (Å²) in [7, 11) is 0. The van der Waals surface area contributed by atoms with E-state index in [2.05, 4.69) is 37.2 Å². The van der Waals surface area contributed by atoms with Crippen molar-refractivity contribution in [2.75, 3.05) is 13.1 Å². The number of aromatic nitrogens is 4. The summed E-state index contributed by atoms with van der Waals surface area (Å²) < 4.78 is 6.05. The molecule has 0 radical (unpaired) electrons. The minimum atomic E-state index is 0.424. The number of likely N-dealkylation sites (tertiary alicyclic amines) is 1. The molecule has 134 valence electrons. The lowest BCUT2D eigenvalue weighted by Gasteiger charge is -2.32. The van der Waals surface area contributed by atoms with Crippen LogP contribution < -0.4 is 4.74 Å². The van der Waals surface area contributed by atoms with Crippen LogP contribution in [0, 0.1) is 0 Å². The zero-order valence-electron chi connectivity index (χ0n) is 14.7. The molecule has 0 saturated carbocycles. The Labute approximate surface area is 153 Å². The van der Waals surface area contributed by atoms with E-state index in [4.69, 9.17) is 4.74 Å². The third kappa shape index (κ3) is 4.08. The highest BCUT2D eigenvalue weighted by atomic mass is 16.5. The van der Waals surface area contributed by atoms with E-state index in [0.717, 1.165) is 43.3 Å². The Morgan fingerprint density at radius 1 is 1.12 bits per heavy atom. The first kappa shape index (κ1) is 16.7. The van der Waals surface area contributed by atoms with E-state index in [1.165, 1.54) is 12.0 Å². The summed E-state index contributed by atoms with van der Waals surface area (Å²) in [5, 5.41) is 7.01. The van der Waals surface area contributed by atoms with Gasteiger partial charge in [0.15, 0.2) is 0 Å². The van der Waals surface area contributed by atoms with E-state index in [-0.39, 0.29) is 0 Å². The fourth-order valence-electron chi connectivity index (χ4n) is 3.49. The smallest absolute Gasteiger partial charge is 0.137 e. The van der Waals surface area contributed by atoms with Crippen LogP contribution >= 0.6 is 0 Å². The van der Waals surface area contributed by atoms with E-state index in [1.54, 1.807) is 12.5 Å². The van der Waals surface area contributed by atoms with Crippen LogP contribution in [-0.2, 0) is 13.2 Å². The van der Waals surface area contributed by atoms with E-state index in [0.29, 0.717) is 12.5 Å². The minimum Gasteiger partial charge on any atom is -0.487 e. The number of benzene rings is 1. The molecule has 4 rings (SSSR count). The molecule has 6 nitrogen and oxygen atoms in total. The van der Waals surface area contributed by atoms with Crippen molar-refractivity contribution in [3.05, 3.63) is 72.1 Å². The average molecular weight is 349 g/mol. The summed E-state index contributed by atoms with van der Waals surface area (Å²) in [5.74, 6) is 2.35. The number of rotatable bonds is 6. The highest BCUT2D eigenvalue weighted by molar-refractivity contribution is 5.33. The second kappa shape index (κ2) is 8.10. The molecule has 1 fully saturated rings. The Morgan fingerprint density at radius 2 is 2.04 bits per heavy atom. The molecular weight excluding hydrogens is 326 g/mol. The molecule has 1 N–H and O–H groups in total. The van der Waals surface area contributed by atoms with Crippen LogP contribution in [0.5, 0.6) is 5.75 Å². The van der Waals surface area contributed by atoms with Crippen LogP contribution in [0.4, 0.5) is 0 Å². The predicted molar refractivity (Wildman–Crippen MR) is 98.6 cm³/mol. The third-order valence-corrected chi connectivity index (χ3v) is 4.79. The second-order valence-corrected chi connectivity index (χ2v) is 6.66. The summed E-state index contributed by atoms with van der Waals surface area (Å²) in [6, 6.07) is 14.1. The van der Waals surface area contributed by atoms with Gasteiger partial charge in [-0.25, -0.2) is 4.98 Å². The topological polar surface area (TPSA) is 66.9 Å². The number of hydrogen-bond donors (Lipinski definition) is 1. The lowest BCUT2D eigenvalue weighted by Crippen LogP contribution is -2.34. The largest absolute Gasteiger partial charge is 0.487 e. The SMILES string of the molecule is c1ccc(COc2ccccc2CN2CCCC(c3ncn[nH]3)C2)nc1. The summed E-state index contributed by atoms with van der Waals surface area (Å²) in [6.07, 6.45) is 5.71. The van der Waals surface area contributed by atoms with Crippen molar-refractivity contribution in [2.45, 2.75) is 31.9 Å². The van der Waals surface area contributed by atoms with Crippen LogP contribution in [0.2, 0.25) is 0 Å². The van der Waals surface area contributed by atoms with Gasteiger partial charge in [-0.05, 0) is 37.6 Å². The maximum atomic E-state index is 6.05. The summed E-state index contributed by atoms with van der Waals surface area (Å²) in [5.41, 5.74) is 2.15. The van der Waals surface area contributed by atoms with Gasteiger partial charge in [-0.15, -0.1) is 0 Å². The summed E-state index contributed by atoms with van der Waals surface area (Å²) in [4.78, 5) is 11.1. The molecule has 1 aliphatic rings. The number of hydrogen-bond acceptors (Lipinski definition) is 5. The molecule has 0 bridgehead atoms. The van der Waals surface area contributed by atoms with Crippen molar-refractivity contribution >= 4 is 0 Å². The van der Waals surface area contributed by atoms with Gasteiger partial charge >= 0.3 is 0 Å². The van der Waals surface area contributed by atoms with Gasteiger partial charge in [0.2, 0.25) is 0 Å². The molecular formula is C20H23N5O. The van der Waals surface area contributed by atoms with Crippen molar-refractivity contribution in [3.63, 3.8) is 0 Å². The van der Waals surface area contributed by atoms with Gasteiger partial charge in [0, 0.05) is 30.8 Å². The number of para-hydroxylation sites is 1. The number of aromatic amines is 1. The molecule has 1 saturated heterocycles. The number of piperidine rings is 1. The second-order valence-electron chi connectivity index (χ2n) is 6.66. The van der Waals surface area contributed by atoms with Gasteiger partial charge in [-0.2, -0.15) is 5.10 Å². The predicted octanol–water partition coefficient (Wildman–Crippen LogP) is 3.16. The first-order valence-corrected chi connectivity index (χ1v) is 9.07. The molecule has 1 aromatic carbocycles. The number of H-pyrrole nitrogens is 1. The molecule has 26 heavy (non-hydrogen) atoms. The van der Waals surface area contributed by atoms with Crippen molar-refractivity contribution in [2.24, 2.45) is 0 Å². The molecule has 3 aromatic rings. The molecule has 1 unspecified atom stereocenters. The fraction of sp³-hybridized carbons (Fsp3) is 0.350. The number of nitrogens with one attached hydrogen (secondary N) is 1. The normalized spacial score (nSPS) is 17.9. The molecule has 6 heteroatoms. The van der Waals surface area contributed by atoms with Gasteiger partial charge in [0.1, 0.15) is 24.5 Å². The fourth-order valence-corrected chi connectivity index (χ4v) is 3.49. The Balaban J connectivity index is 1.41. The van der Waals surface area contributed by atoms with Crippen molar-refractivity contribution in [1.29, 1.82) is 0 Å². The van der Waals surface area contributed by atoms with E-state index in [9.17, 15) is 0 Å². The van der Waals surface area contributed by atoms with Gasteiger partial charge in [-0.1, -0.05) is 24.3 Å². The van der Waals surface area contributed by atoms with Crippen LogP contribution in [0.3, 0.4) is 0 Å². The van der Waals surface area contributed by atoms with E-state index < -0.39 is 0 Å². The molecule has 0 aliphatic carbocycles. The average Bonchev–Trinajstić information content (AvgIpc) is 3.23. The third-order valence-electron chi connectivity index (χ3n) is 4.79. The molecule has 1 aliphatic heterocycles. The highest BCUT2D eigenvalue weighted by Gasteiger charge is 2.24. The molecule has 0 spiro atoms. The number of pyridine rings is 1. The lowest BCUT2D eigenvalue weighted by atomic mass is 9.97.